The van der Waals surface area contributed by atoms with E-state index in [-0.39, 0.29) is 23.9 Å². The van der Waals surface area contributed by atoms with Crippen molar-refractivity contribution in [3.8, 4) is 22.4 Å². The van der Waals surface area contributed by atoms with Crippen LogP contribution in [0.1, 0.15) is 35.5 Å². The number of hydrogen-bond acceptors (Lipinski definition) is 7. The first kappa shape index (κ1) is 22.6. The van der Waals surface area contributed by atoms with Crippen LogP contribution in [-0.2, 0) is 4.79 Å². The summed E-state index contributed by atoms with van der Waals surface area (Å²) >= 11 is 1.34. The smallest absolute Gasteiger partial charge is 0.298 e. The maximum Gasteiger partial charge on any atom is 0.298 e. The number of rotatable bonds is 5. The van der Waals surface area contributed by atoms with Crippen LogP contribution in [0.5, 0.6) is 0 Å². The van der Waals surface area contributed by atoms with Crippen LogP contribution in [-0.4, -0.2) is 49.6 Å². The molecule has 10 heteroatoms. The van der Waals surface area contributed by atoms with Gasteiger partial charge in [-0.3, -0.25) is 14.3 Å². The number of nitrogens with two attached hydrogens (primary N) is 1. The van der Waals surface area contributed by atoms with Gasteiger partial charge in [-0.15, -0.1) is 11.3 Å². The van der Waals surface area contributed by atoms with Crippen LogP contribution in [0.25, 0.3) is 21.5 Å². The number of carbonyl (C=O) groups excluding carboxylic acids is 2. The molecule has 4 aromatic rings. The van der Waals surface area contributed by atoms with Gasteiger partial charge in [-0.1, -0.05) is 12.0 Å². The van der Waals surface area contributed by atoms with E-state index in [9.17, 15) is 9.59 Å². The van der Waals surface area contributed by atoms with E-state index in [2.05, 4.69) is 27.1 Å². The van der Waals surface area contributed by atoms with E-state index in [4.69, 9.17) is 10.8 Å². The van der Waals surface area contributed by atoms with Crippen molar-refractivity contribution < 1.29 is 9.59 Å². The van der Waals surface area contributed by atoms with Crippen molar-refractivity contribution in [3.05, 3.63) is 53.7 Å². The largest absolute Gasteiger partial charge is 0.383 e. The SMILES string of the molecule is CC#CC(=O)N(C)C1CC(n2nc(-c3ccc(C(=O)Nc4ccccn4)s3)c3c(N)nccc32)C1. The van der Waals surface area contributed by atoms with Gasteiger partial charge in [0.2, 0.25) is 0 Å². The molecule has 3 N–H and O–H groups in total. The third-order valence-corrected chi connectivity index (χ3v) is 7.24. The van der Waals surface area contributed by atoms with Crippen LogP contribution in [0, 0.1) is 11.8 Å². The molecule has 1 aliphatic rings. The summed E-state index contributed by atoms with van der Waals surface area (Å²) in [5.74, 6) is 5.72. The van der Waals surface area contributed by atoms with Gasteiger partial charge in [0.15, 0.2) is 0 Å². The number of hydrogen-bond donors (Lipinski definition) is 2. The van der Waals surface area contributed by atoms with Crippen molar-refractivity contribution in [2.45, 2.75) is 31.8 Å². The van der Waals surface area contributed by atoms with Gasteiger partial charge in [0.25, 0.3) is 11.8 Å². The van der Waals surface area contributed by atoms with Gasteiger partial charge >= 0.3 is 0 Å². The van der Waals surface area contributed by atoms with E-state index in [1.807, 2.05) is 22.9 Å². The van der Waals surface area contributed by atoms with Crippen LogP contribution >= 0.6 is 11.3 Å². The number of nitrogens with zero attached hydrogens (tertiary/aromatic N) is 5. The van der Waals surface area contributed by atoms with E-state index in [1.54, 1.807) is 49.5 Å². The van der Waals surface area contributed by atoms with Gasteiger partial charge in [0.05, 0.1) is 26.7 Å². The number of thiophene rings is 1. The Bertz CT molecular complexity index is 1480. The Kier molecular flexibility index (Phi) is 5.93. The maximum atomic E-state index is 12.7. The van der Waals surface area contributed by atoms with Crippen LogP contribution in [0.4, 0.5) is 11.6 Å². The fraction of sp³-hybridized carbons (Fsp3) is 0.240. The fourth-order valence-corrected chi connectivity index (χ4v) is 5.09. The highest BCUT2D eigenvalue weighted by atomic mass is 32.1. The van der Waals surface area contributed by atoms with Gasteiger partial charge in [-0.25, -0.2) is 9.97 Å². The van der Waals surface area contributed by atoms with Crippen molar-refractivity contribution in [2.75, 3.05) is 18.1 Å². The highest BCUT2D eigenvalue weighted by Crippen LogP contribution is 2.41. The van der Waals surface area contributed by atoms with E-state index in [0.717, 1.165) is 28.6 Å². The van der Waals surface area contributed by atoms with Crippen molar-refractivity contribution in [2.24, 2.45) is 0 Å². The molecule has 0 atom stereocenters. The summed E-state index contributed by atoms with van der Waals surface area (Å²) in [6.07, 6.45) is 4.84. The molecule has 4 aromatic heterocycles. The molecule has 0 bridgehead atoms. The van der Waals surface area contributed by atoms with E-state index in [0.29, 0.717) is 22.2 Å². The summed E-state index contributed by atoms with van der Waals surface area (Å²) in [5, 5.41) is 8.47. The second kappa shape index (κ2) is 9.19. The van der Waals surface area contributed by atoms with Crippen molar-refractivity contribution in [1.82, 2.24) is 24.6 Å². The van der Waals surface area contributed by atoms with Gasteiger partial charge < -0.3 is 16.0 Å². The third-order valence-electron chi connectivity index (χ3n) is 6.15. The molecule has 2 amide bonds. The van der Waals surface area contributed by atoms with E-state index >= 15 is 0 Å². The Morgan fingerprint density at radius 2 is 2.00 bits per heavy atom. The molecular weight excluding hydrogens is 462 g/mol. The molecular formula is C25H23N7O2S. The van der Waals surface area contributed by atoms with Crippen LogP contribution in [0.3, 0.4) is 0 Å². The molecule has 4 heterocycles. The summed E-state index contributed by atoms with van der Waals surface area (Å²) in [5.41, 5.74) is 7.84. The Hall–Kier alpha value is -4.23. The lowest BCUT2D eigenvalue weighted by atomic mass is 9.85. The summed E-state index contributed by atoms with van der Waals surface area (Å²) in [4.78, 5) is 36.3. The van der Waals surface area contributed by atoms with E-state index in [1.165, 1.54) is 11.3 Å². The normalized spacial score (nSPS) is 16.7. The van der Waals surface area contributed by atoms with Crippen LogP contribution in [0.15, 0.2) is 48.8 Å². The Balaban J connectivity index is 1.42. The molecule has 1 fully saturated rings. The van der Waals surface area contributed by atoms with Gasteiger partial charge in [-0.05, 0) is 56.0 Å². The molecule has 0 saturated heterocycles. The second-order valence-electron chi connectivity index (χ2n) is 8.29. The number of nitrogens with one attached hydrogen (secondary N) is 1. The van der Waals surface area contributed by atoms with Crippen molar-refractivity contribution in [1.29, 1.82) is 0 Å². The average molecular weight is 486 g/mol. The Labute approximate surface area is 206 Å². The first-order chi connectivity index (χ1) is 17.0. The number of anilines is 2. The highest BCUT2D eigenvalue weighted by Gasteiger charge is 2.37. The standard InChI is InChI=1S/C25H23N7O2S/c1-3-6-21(33)31(2)15-13-16(14-15)32-17-10-12-28-24(26)22(17)23(30-32)18-8-9-19(35-18)25(34)29-20-7-4-5-11-27-20/h4-5,7-12,15-16H,13-14H2,1-2H3,(H2,26,28)(H,27,29,34). The number of nitrogen functional groups attached to an aromatic ring is 1. The zero-order valence-electron chi connectivity index (χ0n) is 19.2. The molecule has 0 unspecified atom stereocenters. The summed E-state index contributed by atoms with van der Waals surface area (Å²) < 4.78 is 1.97. The van der Waals surface area contributed by atoms with Gasteiger partial charge in [0, 0.05) is 25.5 Å². The lowest BCUT2D eigenvalue weighted by Crippen LogP contribution is -2.46. The lowest BCUT2D eigenvalue weighted by molar-refractivity contribution is -0.128. The predicted octanol–water partition coefficient (Wildman–Crippen LogP) is 3.57. The fourth-order valence-electron chi connectivity index (χ4n) is 4.20. The zero-order valence-corrected chi connectivity index (χ0v) is 20.0. The summed E-state index contributed by atoms with van der Waals surface area (Å²) in [7, 11) is 1.78. The van der Waals surface area contributed by atoms with Crippen LogP contribution < -0.4 is 11.1 Å². The Morgan fingerprint density at radius 1 is 1.17 bits per heavy atom. The zero-order chi connectivity index (χ0) is 24.5. The number of fused-ring (bicyclic) bond motifs is 1. The Morgan fingerprint density at radius 3 is 2.74 bits per heavy atom. The highest BCUT2D eigenvalue weighted by molar-refractivity contribution is 7.17. The molecule has 35 heavy (non-hydrogen) atoms. The summed E-state index contributed by atoms with van der Waals surface area (Å²) in [6.45, 7) is 1.66. The number of pyridine rings is 2. The van der Waals surface area contributed by atoms with Gasteiger partial charge in [0.1, 0.15) is 17.3 Å². The van der Waals surface area contributed by atoms with E-state index < -0.39 is 0 Å². The van der Waals surface area contributed by atoms with Crippen molar-refractivity contribution >= 4 is 45.7 Å². The van der Waals surface area contributed by atoms with Gasteiger partial charge in [-0.2, -0.15) is 5.10 Å². The molecule has 9 nitrogen and oxygen atoms in total. The molecule has 5 rings (SSSR count). The molecule has 0 radical (unpaired) electrons. The summed E-state index contributed by atoms with van der Waals surface area (Å²) in [6, 6.07) is 11.1. The third kappa shape index (κ3) is 4.22. The number of amides is 2. The molecule has 1 aliphatic carbocycles. The minimum absolute atomic E-state index is 0.110. The number of aromatic nitrogens is 4. The molecule has 1 saturated carbocycles. The molecule has 0 spiro atoms. The molecule has 0 aliphatic heterocycles. The molecule has 176 valence electrons. The number of carbonyl (C=O) groups is 2. The minimum atomic E-state index is -0.237. The predicted molar refractivity (Wildman–Crippen MR) is 136 cm³/mol. The van der Waals surface area contributed by atoms with Crippen LogP contribution in [0.2, 0.25) is 0 Å². The first-order valence-electron chi connectivity index (χ1n) is 11.1. The minimum Gasteiger partial charge on any atom is -0.383 e. The first-order valence-corrected chi connectivity index (χ1v) is 11.9. The molecule has 0 aromatic carbocycles. The average Bonchev–Trinajstić information content (AvgIpc) is 3.45. The topological polar surface area (TPSA) is 119 Å². The monoisotopic (exact) mass is 485 g/mol. The second-order valence-corrected chi connectivity index (χ2v) is 9.37. The van der Waals surface area contributed by atoms with Crippen molar-refractivity contribution in [3.63, 3.8) is 0 Å². The maximum absolute atomic E-state index is 12.7. The lowest BCUT2D eigenvalue weighted by Gasteiger charge is -2.40. The quantitative estimate of drug-likeness (QED) is 0.417.